The number of amides is 2. The molecule has 2 bridgehead atoms. The first-order valence-electron chi connectivity index (χ1n) is 14.7. The molecule has 2 saturated carbocycles. The molecule has 1 N–H and O–H groups in total. The number of nitrogens with zero attached hydrogens (tertiary/aromatic N) is 1. The van der Waals surface area contributed by atoms with Gasteiger partial charge in [-0.25, -0.2) is 4.39 Å². The number of hydrogen-bond acceptors (Lipinski definition) is 7. The highest BCUT2D eigenvalue weighted by atomic mass is 32.2. The first-order valence-corrected chi connectivity index (χ1v) is 16.4. The Hall–Kier alpha value is -3.89. The van der Waals surface area contributed by atoms with Crippen LogP contribution in [0.2, 0.25) is 0 Å². The third-order valence-electron chi connectivity index (χ3n) is 10.00. The van der Waals surface area contributed by atoms with Gasteiger partial charge in [-0.1, -0.05) is 41.7 Å². The number of carbonyl (C=O) groups is 2. The zero-order valence-electron chi connectivity index (χ0n) is 24.0. The van der Waals surface area contributed by atoms with Gasteiger partial charge < -0.3 is 14.5 Å². The Morgan fingerprint density at radius 1 is 0.955 bits per heavy atom. The minimum absolute atomic E-state index is 0.000403. The highest BCUT2D eigenvalue weighted by Gasteiger charge is 2.69. The summed E-state index contributed by atoms with van der Waals surface area (Å²) in [6.45, 7) is 2.46. The third-order valence-corrected chi connectivity index (χ3v) is 12.6. The van der Waals surface area contributed by atoms with Crippen molar-refractivity contribution < 1.29 is 23.5 Å². The summed E-state index contributed by atoms with van der Waals surface area (Å²) < 4.78 is 25.7. The molecule has 2 amide bonds. The second-order valence-electron chi connectivity index (χ2n) is 12.1. The molecule has 4 aromatic rings. The van der Waals surface area contributed by atoms with Gasteiger partial charge in [0.05, 0.1) is 29.7 Å². The van der Waals surface area contributed by atoms with Gasteiger partial charge >= 0.3 is 4.87 Å². The number of benzene rings is 3. The number of aromatic nitrogens is 1. The minimum Gasteiger partial charge on any atom is -0.493 e. The van der Waals surface area contributed by atoms with Crippen LogP contribution >= 0.6 is 23.1 Å². The molecule has 0 radical (unpaired) electrons. The van der Waals surface area contributed by atoms with E-state index in [-0.39, 0.29) is 45.6 Å². The summed E-state index contributed by atoms with van der Waals surface area (Å²) in [6.07, 6.45) is 0.789. The number of rotatable bonds is 6. The number of thioether (sulfide) groups is 1. The predicted octanol–water partition coefficient (Wildman–Crippen LogP) is 6.15. The standard InChI is InChI=1S/C34H29FN2O5S2/c1-16-5-3-4-6-18(16)15-42-23-12-7-17(13-24(23)41-2)25-26-21-14-22(29(26)43-31-30(25)44-34(40)36-31)28-27(21)32(38)37(33(28)39)20-10-8-19(35)9-11-20/h3-13,21-22,25-29H,14-15H2,1-2H3,(H,36,40)/t21-,22-,25+,26+,27+,28+,29-/m1/s1. The quantitative estimate of drug-likeness (QED) is 0.258. The summed E-state index contributed by atoms with van der Waals surface area (Å²) in [6, 6.07) is 19.6. The first kappa shape index (κ1) is 27.6. The molecule has 44 heavy (non-hydrogen) atoms. The number of ether oxygens (including phenoxy) is 2. The molecule has 10 heteroatoms. The molecular formula is C34H29FN2O5S2. The molecule has 2 aliphatic carbocycles. The van der Waals surface area contributed by atoms with E-state index in [1.165, 1.54) is 40.5 Å². The zero-order chi connectivity index (χ0) is 30.3. The maximum atomic E-state index is 13.9. The molecule has 2 aliphatic heterocycles. The number of hydrogen-bond donors (Lipinski definition) is 1. The number of aromatic amines is 1. The van der Waals surface area contributed by atoms with Gasteiger partial charge in [0, 0.05) is 16.0 Å². The molecule has 3 fully saturated rings. The lowest BCUT2D eigenvalue weighted by Crippen LogP contribution is -2.42. The third kappa shape index (κ3) is 4.10. The van der Waals surface area contributed by atoms with Crippen LogP contribution in [0.5, 0.6) is 11.5 Å². The Morgan fingerprint density at radius 3 is 2.45 bits per heavy atom. The molecule has 224 valence electrons. The van der Waals surface area contributed by atoms with Crippen molar-refractivity contribution in [3.05, 3.63) is 104 Å². The zero-order valence-corrected chi connectivity index (χ0v) is 25.6. The lowest BCUT2D eigenvalue weighted by Gasteiger charge is -2.43. The molecule has 1 saturated heterocycles. The summed E-state index contributed by atoms with van der Waals surface area (Å²) in [7, 11) is 1.62. The van der Waals surface area contributed by atoms with Crippen molar-refractivity contribution in [3.63, 3.8) is 0 Å². The van der Waals surface area contributed by atoms with Crippen LogP contribution in [0.3, 0.4) is 0 Å². The van der Waals surface area contributed by atoms with Crippen molar-refractivity contribution >= 4 is 40.6 Å². The number of carbonyl (C=O) groups excluding carboxylic acids is 2. The number of imide groups is 1. The van der Waals surface area contributed by atoms with E-state index in [0.717, 1.165) is 33.0 Å². The second kappa shape index (κ2) is 10.3. The van der Waals surface area contributed by atoms with Crippen molar-refractivity contribution in [1.82, 2.24) is 4.98 Å². The normalized spacial score (nSPS) is 28.2. The average Bonchev–Trinajstić information content (AvgIpc) is 3.76. The summed E-state index contributed by atoms with van der Waals surface area (Å²) in [5.41, 5.74) is 3.65. The minimum atomic E-state index is -0.433. The van der Waals surface area contributed by atoms with Crippen molar-refractivity contribution in [2.45, 2.75) is 36.1 Å². The Kier molecular flexibility index (Phi) is 6.50. The molecule has 1 aromatic heterocycles. The molecule has 0 spiro atoms. The van der Waals surface area contributed by atoms with E-state index in [9.17, 15) is 18.8 Å². The van der Waals surface area contributed by atoms with Gasteiger partial charge in [-0.3, -0.25) is 19.3 Å². The monoisotopic (exact) mass is 628 g/mol. The molecule has 3 aromatic carbocycles. The maximum Gasteiger partial charge on any atom is 0.305 e. The molecule has 3 heterocycles. The smallest absolute Gasteiger partial charge is 0.305 e. The van der Waals surface area contributed by atoms with Gasteiger partial charge in [0.2, 0.25) is 11.8 Å². The van der Waals surface area contributed by atoms with Gasteiger partial charge in [-0.15, -0.1) is 11.8 Å². The van der Waals surface area contributed by atoms with E-state index in [4.69, 9.17) is 9.47 Å². The van der Waals surface area contributed by atoms with E-state index in [0.29, 0.717) is 23.8 Å². The number of aryl methyl sites for hydroxylation is 1. The number of methoxy groups -OCH3 is 1. The van der Waals surface area contributed by atoms with E-state index >= 15 is 0 Å². The van der Waals surface area contributed by atoms with Crippen LogP contribution in [0.4, 0.5) is 10.1 Å². The summed E-state index contributed by atoms with van der Waals surface area (Å²) >= 11 is 2.87. The fourth-order valence-corrected chi connectivity index (χ4v) is 11.0. The van der Waals surface area contributed by atoms with Crippen molar-refractivity contribution in [2.24, 2.45) is 29.6 Å². The lowest BCUT2D eigenvalue weighted by atomic mass is 9.68. The number of nitrogens with one attached hydrogen (secondary N) is 1. The SMILES string of the molecule is COc1cc([C@@H]2c3sc(=O)[nH]c3S[C@@H]3[C@@H]4C[C@@H]([C@@H]5C(=O)N(c6ccc(F)cc6)C(=O)[C@@H]45)[C@@H]23)ccc1OCc1ccccc1C. The topological polar surface area (TPSA) is 88.7 Å². The summed E-state index contributed by atoms with van der Waals surface area (Å²) in [5.74, 6) is -0.542. The van der Waals surface area contributed by atoms with Gasteiger partial charge in [0.25, 0.3) is 0 Å². The molecule has 0 unspecified atom stereocenters. The van der Waals surface area contributed by atoms with E-state index in [1.54, 1.807) is 18.9 Å². The fourth-order valence-electron chi connectivity index (χ4n) is 8.16. The van der Waals surface area contributed by atoms with Crippen LogP contribution in [0.1, 0.15) is 33.9 Å². The van der Waals surface area contributed by atoms with Gasteiger partial charge in [-0.05, 0) is 84.2 Å². The summed E-state index contributed by atoms with van der Waals surface area (Å²) in [5, 5.41) is 0.915. The Balaban J connectivity index is 1.15. The second-order valence-corrected chi connectivity index (χ2v) is 14.3. The number of H-pyrrole nitrogens is 1. The molecular weight excluding hydrogens is 600 g/mol. The lowest BCUT2D eigenvalue weighted by molar-refractivity contribution is -0.123. The highest BCUT2D eigenvalue weighted by Crippen LogP contribution is 2.68. The molecule has 7 atom stereocenters. The number of thiazole rings is 1. The van der Waals surface area contributed by atoms with Crippen LogP contribution in [-0.4, -0.2) is 29.2 Å². The number of halogens is 1. The van der Waals surface area contributed by atoms with Crippen molar-refractivity contribution in [3.8, 4) is 11.5 Å². The van der Waals surface area contributed by atoms with Crippen molar-refractivity contribution in [2.75, 3.05) is 12.0 Å². The Bertz CT molecular complexity index is 1870. The Labute approximate surface area is 261 Å². The van der Waals surface area contributed by atoms with Crippen molar-refractivity contribution in [1.29, 1.82) is 0 Å². The van der Waals surface area contributed by atoms with Gasteiger partial charge in [-0.2, -0.15) is 0 Å². The van der Waals surface area contributed by atoms with E-state index < -0.39 is 17.7 Å². The van der Waals surface area contributed by atoms with Crippen LogP contribution in [0.15, 0.2) is 76.6 Å². The molecule has 8 rings (SSSR count). The fraction of sp³-hybridized carbons (Fsp3) is 0.324. The largest absolute Gasteiger partial charge is 0.493 e. The predicted molar refractivity (Wildman–Crippen MR) is 166 cm³/mol. The first-order chi connectivity index (χ1) is 21.3. The molecule has 4 aliphatic rings. The highest BCUT2D eigenvalue weighted by molar-refractivity contribution is 8.00. The maximum absolute atomic E-state index is 13.9. The number of fused-ring (bicyclic) bond motifs is 9. The van der Waals surface area contributed by atoms with Crippen LogP contribution < -0.4 is 19.2 Å². The summed E-state index contributed by atoms with van der Waals surface area (Å²) in [4.78, 5) is 45.5. The number of anilines is 1. The van der Waals surface area contributed by atoms with Crippen LogP contribution in [0, 0.1) is 42.3 Å². The van der Waals surface area contributed by atoms with Crippen LogP contribution in [0.25, 0.3) is 0 Å². The van der Waals surface area contributed by atoms with E-state index in [1.807, 2.05) is 36.4 Å². The van der Waals surface area contributed by atoms with Gasteiger partial charge in [0.15, 0.2) is 11.5 Å². The Morgan fingerprint density at radius 2 is 1.70 bits per heavy atom. The van der Waals surface area contributed by atoms with E-state index in [2.05, 4.69) is 18.0 Å². The van der Waals surface area contributed by atoms with Crippen LogP contribution in [-0.2, 0) is 16.2 Å². The average molecular weight is 629 g/mol. The van der Waals surface area contributed by atoms with Gasteiger partial charge in [0.1, 0.15) is 12.4 Å². The molecule has 7 nitrogen and oxygen atoms in total.